The van der Waals surface area contributed by atoms with Gasteiger partial charge in [-0.25, -0.2) is 9.48 Å². The number of anilines is 1. The fraction of sp³-hybridized carbons (Fsp3) is 0.385. The molecule has 1 aromatic carbocycles. The van der Waals surface area contributed by atoms with E-state index in [0.29, 0.717) is 22.2 Å². The Morgan fingerprint density at radius 3 is 2.71 bits per heavy atom. The normalized spacial score (nSPS) is 14.9. The summed E-state index contributed by atoms with van der Waals surface area (Å²) < 4.78 is 12.3. The van der Waals surface area contributed by atoms with Crippen LogP contribution in [0.3, 0.4) is 0 Å². The molecule has 1 unspecified atom stereocenters. The van der Waals surface area contributed by atoms with E-state index >= 15 is 0 Å². The molecule has 2 heterocycles. The second-order valence-corrected chi connectivity index (χ2v) is 10.0. The highest BCUT2D eigenvalue weighted by Gasteiger charge is 2.30. The maximum absolute atomic E-state index is 13.1. The predicted octanol–water partition coefficient (Wildman–Crippen LogP) is 4.33. The van der Waals surface area contributed by atoms with Crippen LogP contribution in [0.4, 0.5) is 5.00 Å². The molecular formula is C26H29N3O5S. The first-order valence-corrected chi connectivity index (χ1v) is 12.6. The summed E-state index contributed by atoms with van der Waals surface area (Å²) in [5, 5.41) is 7.53. The van der Waals surface area contributed by atoms with E-state index in [1.165, 1.54) is 28.2 Å². The molecule has 0 spiro atoms. The Bertz CT molecular complexity index is 1270. The van der Waals surface area contributed by atoms with Crippen molar-refractivity contribution in [3.8, 4) is 5.75 Å². The molecule has 0 bridgehead atoms. The number of nitrogens with one attached hydrogen (secondary N) is 1. The monoisotopic (exact) mass is 495 g/mol. The number of hydrogen-bond acceptors (Lipinski definition) is 7. The number of rotatable bonds is 8. The zero-order chi connectivity index (χ0) is 24.9. The zero-order valence-corrected chi connectivity index (χ0v) is 20.9. The third-order valence-corrected chi connectivity index (χ3v) is 6.87. The van der Waals surface area contributed by atoms with E-state index in [9.17, 15) is 14.4 Å². The topological polar surface area (TPSA) is 99.5 Å². The number of carbonyl (C=O) groups is 2. The molecule has 1 aliphatic rings. The van der Waals surface area contributed by atoms with Crippen LogP contribution in [0.15, 0.2) is 47.3 Å². The Morgan fingerprint density at radius 1 is 1.20 bits per heavy atom. The molecule has 8 nitrogen and oxygen atoms in total. The molecule has 0 fully saturated rings. The SMILES string of the molecule is CC1CCc2c(sc(NC(=O)c3ccc(=O)n(CCOc4ccccc4)n3)c2C(=O)OC(C)C)C1. The molecule has 0 saturated heterocycles. The van der Waals surface area contributed by atoms with Crippen molar-refractivity contribution in [2.45, 2.75) is 52.7 Å². The van der Waals surface area contributed by atoms with Crippen molar-refractivity contribution in [3.05, 3.63) is 74.5 Å². The second kappa shape index (κ2) is 10.9. The average Bonchev–Trinajstić information content (AvgIpc) is 3.17. The number of amides is 1. The van der Waals surface area contributed by atoms with E-state index < -0.39 is 11.9 Å². The van der Waals surface area contributed by atoms with Crippen molar-refractivity contribution < 1.29 is 19.1 Å². The molecule has 1 aliphatic carbocycles. The molecule has 3 aromatic rings. The molecule has 0 aliphatic heterocycles. The van der Waals surface area contributed by atoms with Crippen LogP contribution < -0.4 is 15.6 Å². The number of ether oxygens (including phenoxy) is 2. The number of aromatic nitrogens is 2. The zero-order valence-electron chi connectivity index (χ0n) is 20.1. The number of carbonyl (C=O) groups excluding carboxylic acids is 2. The number of fused-ring (bicyclic) bond motifs is 1. The van der Waals surface area contributed by atoms with Gasteiger partial charge < -0.3 is 14.8 Å². The van der Waals surface area contributed by atoms with Crippen LogP contribution in [0.2, 0.25) is 0 Å². The summed E-state index contributed by atoms with van der Waals surface area (Å²) in [6, 6.07) is 11.9. The first-order chi connectivity index (χ1) is 16.8. The van der Waals surface area contributed by atoms with Gasteiger partial charge in [-0.3, -0.25) is 9.59 Å². The first kappa shape index (κ1) is 24.7. The number of thiophene rings is 1. The molecule has 1 atom stereocenters. The maximum Gasteiger partial charge on any atom is 0.341 e. The van der Waals surface area contributed by atoms with E-state index in [2.05, 4.69) is 17.3 Å². The van der Waals surface area contributed by atoms with Crippen LogP contribution in [0.25, 0.3) is 0 Å². The van der Waals surface area contributed by atoms with Gasteiger partial charge in [0.15, 0.2) is 0 Å². The first-order valence-electron chi connectivity index (χ1n) is 11.7. The summed E-state index contributed by atoms with van der Waals surface area (Å²) in [5.41, 5.74) is 1.14. The van der Waals surface area contributed by atoms with Crippen LogP contribution in [0.5, 0.6) is 5.75 Å². The number of nitrogens with zero attached hydrogens (tertiary/aromatic N) is 2. The van der Waals surface area contributed by atoms with E-state index in [4.69, 9.17) is 9.47 Å². The van der Waals surface area contributed by atoms with Gasteiger partial charge in [-0.1, -0.05) is 25.1 Å². The smallest absolute Gasteiger partial charge is 0.341 e. The lowest BCUT2D eigenvalue weighted by atomic mass is 9.88. The Kier molecular flexibility index (Phi) is 7.65. The molecule has 4 rings (SSSR count). The highest BCUT2D eigenvalue weighted by Crippen LogP contribution is 2.40. The van der Waals surface area contributed by atoms with Crippen molar-refractivity contribution in [3.63, 3.8) is 0 Å². The van der Waals surface area contributed by atoms with Crippen LogP contribution in [0, 0.1) is 5.92 Å². The minimum Gasteiger partial charge on any atom is -0.492 e. The summed E-state index contributed by atoms with van der Waals surface area (Å²) >= 11 is 1.41. The summed E-state index contributed by atoms with van der Waals surface area (Å²) in [7, 11) is 0. The minimum atomic E-state index is -0.493. The van der Waals surface area contributed by atoms with Gasteiger partial charge in [0, 0.05) is 10.9 Å². The van der Waals surface area contributed by atoms with Crippen molar-refractivity contribution in [2.75, 3.05) is 11.9 Å². The Labute approximate surface area is 207 Å². The van der Waals surface area contributed by atoms with Crippen LogP contribution in [-0.2, 0) is 24.1 Å². The Hall–Kier alpha value is -3.46. The lowest BCUT2D eigenvalue weighted by Crippen LogP contribution is -2.28. The van der Waals surface area contributed by atoms with Crippen LogP contribution in [-0.4, -0.2) is 34.4 Å². The van der Waals surface area contributed by atoms with Gasteiger partial charge >= 0.3 is 5.97 Å². The fourth-order valence-electron chi connectivity index (χ4n) is 3.99. The lowest BCUT2D eigenvalue weighted by molar-refractivity contribution is 0.0378. The second-order valence-electron chi connectivity index (χ2n) is 8.91. The summed E-state index contributed by atoms with van der Waals surface area (Å²) in [5.74, 6) is 0.277. The summed E-state index contributed by atoms with van der Waals surface area (Å²) in [4.78, 5) is 39.3. The lowest BCUT2D eigenvalue weighted by Gasteiger charge is -2.18. The molecule has 0 saturated carbocycles. The fourth-order valence-corrected chi connectivity index (χ4v) is 5.39. The number of esters is 1. The highest BCUT2D eigenvalue weighted by molar-refractivity contribution is 7.17. The van der Waals surface area contributed by atoms with Crippen molar-refractivity contribution in [1.82, 2.24) is 9.78 Å². The van der Waals surface area contributed by atoms with E-state index in [1.54, 1.807) is 13.8 Å². The van der Waals surface area contributed by atoms with Crippen molar-refractivity contribution in [2.24, 2.45) is 5.92 Å². The summed E-state index contributed by atoms with van der Waals surface area (Å²) in [6.07, 6.45) is 2.35. The third kappa shape index (κ3) is 5.97. The van der Waals surface area contributed by atoms with Crippen molar-refractivity contribution in [1.29, 1.82) is 0 Å². The van der Waals surface area contributed by atoms with E-state index in [1.807, 2.05) is 30.3 Å². The molecule has 0 radical (unpaired) electrons. The van der Waals surface area contributed by atoms with E-state index in [-0.39, 0.29) is 30.5 Å². The van der Waals surface area contributed by atoms with Crippen molar-refractivity contribution >= 4 is 28.2 Å². The van der Waals surface area contributed by atoms with Gasteiger partial charge in [0.1, 0.15) is 23.1 Å². The molecule has 9 heteroatoms. The largest absolute Gasteiger partial charge is 0.492 e. The quantitative estimate of drug-likeness (QED) is 0.467. The van der Waals surface area contributed by atoms with Gasteiger partial charge in [0.25, 0.3) is 11.5 Å². The average molecular weight is 496 g/mol. The standard InChI is InChI=1S/C26H29N3O5S/c1-16(2)34-26(32)23-19-10-9-17(3)15-21(19)35-25(23)27-24(31)20-11-12-22(30)29(28-20)13-14-33-18-7-5-4-6-8-18/h4-8,11-12,16-17H,9-10,13-15H2,1-3H3,(H,27,31). The van der Waals surface area contributed by atoms with Gasteiger partial charge in [0.2, 0.25) is 0 Å². The van der Waals surface area contributed by atoms with Crippen LogP contribution in [0.1, 0.15) is 58.5 Å². The molecular weight excluding hydrogens is 466 g/mol. The van der Waals surface area contributed by atoms with Gasteiger partial charge in [-0.2, -0.15) is 5.10 Å². The third-order valence-electron chi connectivity index (χ3n) is 5.70. The Morgan fingerprint density at radius 2 is 1.97 bits per heavy atom. The number of benzene rings is 1. The predicted molar refractivity (Wildman–Crippen MR) is 134 cm³/mol. The summed E-state index contributed by atoms with van der Waals surface area (Å²) in [6.45, 7) is 6.19. The Balaban J connectivity index is 1.53. The van der Waals surface area contributed by atoms with Crippen LogP contribution >= 0.6 is 11.3 Å². The van der Waals surface area contributed by atoms with E-state index in [0.717, 1.165) is 29.7 Å². The molecule has 184 valence electrons. The minimum absolute atomic E-state index is 0.0761. The molecule has 35 heavy (non-hydrogen) atoms. The number of hydrogen-bond donors (Lipinski definition) is 1. The maximum atomic E-state index is 13.1. The van der Waals surface area contributed by atoms with Gasteiger partial charge in [-0.15, -0.1) is 11.3 Å². The molecule has 2 aromatic heterocycles. The molecule has 1 N–H and O–H groups in total. The highest BCUT2D eigenvalue weighted by atomic mass is 32.1. The van der Waals surface area contributed by atoms with Gasteiger partial charge in [0.05, 0.1) is 18.2 Å². The van der Waals surface area contributed by atoms with Gasteiger partial charge in [-0.05, 0) is 62.8 Å². The number of para-hydroxylation sites is 1. The molecule has 1 amide bonds.